The molecule has 0 radical (unpaired) electrons. The lowest BCUT2D eigenvalue weighted by Crippen LogP contribution is -2.37. The highest BCUT2D eigenvalue weighted by Gasteiger charge is 2.15. The quantitative estimate of drug-likeness (QED) is 0.681. The number of nitrogens with zero attached hydrogens (tertiary/aromatic N) is 3. The van der Waals surface area contributed by atoms with Gasteiger partial charge in [0.25, 0.3) is 5.56 Å². The van der Waals surface area contributed by atoms with Crippen molar-refractivity contribution < 1.29 is 0 Å². The van der Waals surface area contributed by atoms with Gasteiger partial charge in [-0.05, 0) is 29.7 Å². The van der Waals surface area contributed by atoms with Gasteiger partial charge in [-0.1, -0.05) is 24.3 Å². The summed E-state index contributed by atoms with van der Waals surface area (Å²) in [4.78, 5) is 28.7. The number of aryl methyl sites for hydroxylation is 2. The molecule has 2 aromatic heterocycles. The maximum Gasteiger partial charge on any atom is 0.332 e. The molecule has 1 aromatic carbocycles. The van der Waals surface area contributed by atoms with Gasteiger partial charge in [0, 0.05) is 20.3 Å². The lowest BCUT2D eigenvalue weighted by Gasteiger charge is -2.11. The number of hydrogen-bond donors (Lipinski definition) is 0. The number of rotatable bonds is 1. The molecule has 0 aliphatic carbocycles. The predicted molar refractivity (Wildman–Crippen MR) is 82.4 cm³/mol. The lowest BCUT2D eigenvalue weighted by molar-refractivity contribution is 0.708. The zero-order valence-corrected chi connectivity index (χ0v) is 12.1. The summed E-state index contributed by atoms with van der Waals surface area (Å²) in [6, 6.07) is 9.66. The molecule has 0 N–H and O–H groups in total. The van der Waals surface area contributed by atoms with Crippen LogP contribution in [0.5, 0.6) is 0 Å². The summed E-state index contributed by atoms with van der Waals surface area (Å²) in [5.41, 5.74) is 2.56. The van der Waals surface area contributed by atoms with Crippen molar-refractivity contribution >= 4 is 11.0 Å². The minimum atomic E-state index is -0.373. The molecule has 0 bridgehead atoms. The normalized spacial score (nSPS) is 11.0. The molecule has 0 amide bonds. The molecule has 0 fully saturated rings. The topological polar surface area (TPSA) is 56.9 Å². The van der Waals surface area contributed by atoms with E-state index < -0.39 is 0 Å². The van der Waals surface area contributed by atoms with E-state index in [1.54, 1.807) is 13.2 Å². The van der Waals surface area contributed by atoms with Crippen LogP contribution >= 0.6 is 0 Å². The largest absolute Gasteiger partial charge is 0.332 e. The Morgan fingerprint density at radius 3 is 2.38 bits per heavy atom. The average Bonchev–Trinajstić information content (AvgIpc) is 2.50. The summed E-state index contributed by atoms with van der Waals surface area (Å²) < 4.78 is 2.52. The van der Waals surface area contributed by atoms with Gasteiger partial charge in [0.1, 0.15) is 5.65 Å². The van der Waals surface area contributed by atoms with Gasteiger partial charge in [0.2, 0.25) is 0 Å². The highest BCUT2D eigenvalue weighted by molar-refractivity contribution is 5.92. The number of pyridine rings is 1. The molecule has 3 rings (SSSR count). The molecule has 106 valence electrons. The highest BCUT2D eigenvalue weighted by Crippen LogP contribution is 2.27. The van der Waals surface area contributed by atoms with Crippen molar-refractivity contribution in [3.05, 3.63) is 62.9 Å². The molecule has 3 aromatic rings. The fraction of sp³-hybridized carbons (Fsp3) is 0.188. The monoisotopic (exact) mass is 281 g/mol. The number of hydrogen-bond acceptors (Lipinski definition) is 3. The van der Waals surface area contributed by atoms with Crippen LogP contribution in [-0.4, -0.2) is 14.1 Å². The standard InChI is InChI=1S/C16H15N3O2/c1-10-6-4-5-7-11(10)12-8-9-17-14-13(12)15(20)19(3)16(21)18(14)2/h4-9H,1-3H3. The van der Waals surface area contributed by atoms with Crippen LogP contribution in [0.2, 0.25) is 0 Å². The molecule has 0 saturated heterocycles. The minimum absolute atomic E-state index is 0.320. The number of benzene rings is 1. The Hall–Kier alpha value is -2.69. The van der Waals surface area contributed by atoms with E-state index in [0.717, 1.165) is 21.3 Å². The van der Waals surface area contributed by atoms with Gasteiger partial charge >= 0.3 is 5.69 Å². The third-order valence-electron chi connectivity index (χ3n) is 3.78. The van der Waals surface area contributed by atoms with E-state index in [9.17, 15) is 9.59 Å². The van der Waals surface area contributed by atoms with Crippen molar-refractivity contribution in [2.75, 3.05) is 0 Å². The highest BCUT2D eigenvalue weighted by atomic mass is 16.2. The molecule has 5 nitrogen and oxygen atoms in total. The summed E-state index contributed by atoms with van der Waals surface area (Å²) in [6.07, 6.45) is 1.63. The molecule has 0 spiro atoms. The van der Waals surface area contributed by atoms with E-state index in [-0.39, 0.29) is 11.2 Å². The van der Waals surface area contributed by atoms with E-state index in [4.69, 9.17) is 0 Å². The van der Waals surface area contributed by atoms with Gasteiger partial charge < -0.3 is 0 Å². The van der Waals surface area contributed by atoms with Crippen LogP contribution in [0.4, 0.5) is 0 Å². The lowest BCUT2D eigenvalue weighted by atomic mass is 9.99. The van der Waals surface area contributed by atoms with Crippen molar-refractivity contribution in [1.29, 1.82) is 0 Å². The minimum Gasteiger partial charge on any atom is -0.280 e. The second kappa shape index (κ2) is 4.70. The van der Waals surface area contributed by atoms with Crippen LogP contribution in [0.25, 0.3) is 22.2 Å². The third kappa shape index (κ3) is 1.89. The van der Waals surface area contributed by atoms with Crippen LogP contribution < -0.4 is 11.2 Å². The zero-order chi connectivity index (χ0) is 15.1. The molecule has 5 heteroatoms. The smallest absolute Gasteiger partial charge is 0.280 e. The van der Waals surface area contributed by atoms with Gasteiger partial charge in [0.05, 0.1) is 5.39 Å². The van der Waals surface area contributed by atoms with Gasteiger partial charge in [0.15, 0.2) is 0 Å². The van der Waals surface area contributed by atoms with Gasteiger partial charge in [-0.25, -0.2) is 9.78 Å². The Morgan fingerprint density at radius 1 is 0.952 bits per heavy atom. The predicted octanol–water partition coefficient (Wildman–Crippen LogP) is 1.61. The third-order valence-corrected chi connectivity index (χ3v) is 3.78. The molecule has 0 atom stereocenters. The van der Waals surface area contributed by atoms with Crippen LogP contribution in [-0.2, 0) is 14.1 Å². The van der Waals surface area contributed by atoms with Crippen molar-refractivity contribution in [2.45, 2.75) is 6.92 Å². The molecule has 21 heavy (non-hydrogen) atoms. The Morgan fingerprint density at radius 2 is 1.67 bits per heavy atom. The van der Waals surface area contributed by atoms with E-state index in [2.05, 4.69) is 4.98 Å². The first-order valence-corrected chi connectivity index (χ1v) is 6.63. The number of fused-ring (bicyclic) bond motifs is 1. The van der Waals surface area contributed by atoms with E-state index >= 15 is 0 Å². The first kappa shape index (κ1) is 13.3. The first-order valence-electron chi connectivity index (χ1n) is 6.63. The summed E-state index contributed by atoms with van der Waals surface area (Å²) >= 11 is 0. The fourth-order valence-corrected chi connectivity index (χ4v) is 2.59. The van der Waals surface area contributed by atoms with Crippen molar-refractivity contribution in [3.8, 4) is 11.1 Å². The molecular formula is C16H15N3O2. The van der Waals surface area contributed by atoms with Crippen LogP contribution in [0.3, 0.4) is 0 Å². The summed E-state index contributed by atoms with van der Waals surface area (Å²) in [5.74, 6) is 0. The molecule has 0 aliphatic rings. The van der Waals surface area contributed by atoms with Gasteiger partial charge in [-0.2, -0.15) is 0 Å². The fourth-order valence-electron chi connectivity index (χ4n) is 2.59. The van der Waals surface area contributed by atoms with Gasteiger partial charge in [-0.3, -0.25) is 13.9 Å². The van der Waals surface area contributed by atoms with E-state index in [1.807, 2.05) is 37.3 Å². The van der Waals surface area contributed by atoms with Crippen molar-refractivity contribution in [3.63, 3.8) is 0 Å². The summed E-state index contributed by atoms with van der Waals surface area (Å²) in [7, 11) is 3.11. The molecule has 2 heterocycles. The van der Waals surface area contributed by atoms with Crippen LogP contribution in [0.15, 0.2) is 46.1 Å². The van der Waals surface area contributed by atoms with E-state index in [1.165, 1.54) is 11.6 Å². The van der Waals surface area contributed by atoms with Crippen LogP contribution in [0, 0.1) is 6.92 Å². The van der Waals surface area contributed by atoms with Crippen molar-refractivity contribution in [1.82, 2.24) is 14.1 Å². The number of aromatic nitrogens is 3. The molecular weight excluding hydrogens is 266 g/mol. The van der Waals surface area contributed by atoms with E-state index in [0.29, 0.717) is 11.0 Å². The molecule has 0 unspecified atom stereocenters. The van der Waals surface area contributed by atoms with Crippen LogP contribution in [0.1, 0.15) is 5.56 Å². The Bertz CT molecular complexity index is 967. The molecule has 0 saturated carbocycles. The second-order valence-electron chi connectivity index (χ2n) is 5.08. The average molecular weight is 281 g/mol. The summed E-state index contributed by atoms with van der Waals surface area (Å²) in [5, 5.41) is 0.469. The Kier molecular flexibility index (Phi) is 2.97. The second-order valence-corrected chi connectivity index (χ2v) is 5.08. The Balaban J connectivity index is 2.56. The maximum absolute atomic E-state index is 12.5. The van der Waals surface area contributed by atoms with Crippen molar-refractivity contribution in [2.24, 2.45) is 14.1 Å². The molecule has 0 aliphatic heterocycles. The SMILES string of the molecule is Cc1ccccc1-c1ccnc2c1c(=O)n(C)c(=O)n2C. The summed E-state index contributed by atoms with van der Waals surface area (Å²) in [6.45, 7) is 1.99. The maximum atomic E-state index is 12.5. The first-order chi connectivity index (χ1) is 10.0. The Labute approximate surface area is 121 Å². The van der Waals surface area contributed by atoms with Gasteiger partial charge in [-0.15, -0.1) is 0 Å². The zero-order valence-electron chi connectivity index (χ0n) is 12.1.